The van der Waals surface area contributed by atoms with Gasteiger partial charge in [0.05, 0.1) is 18.7 Å². The van der Waals surface area contributed by atoms with Crippen LogP contribution in [0, 0.1) is 19.8 Å². The van der Waals surface area contributed by atoms with Gasteiger partial charge < -0.3 is 4.74 Å². The normalized spacial score (nSPS) is 16.7. The molecule has 1 amide bonds. The molecule has 1 fully saturated rings. The maximum Gasteiger partial charge on any atom is 0.242 e. The van der Waals surface area contributed by atoms with E-state index in [2.05, 4.69) is 86.2 Å². The number of aryl methyl sites for hydroxylation is 2. The average Bonchev–Trinajstić information content (AvgIpc) is 3.59. The van der Waals surface area contributed by atoms with Gasteiger partial charge in [-0.25, -0.2) is 0 Å². The topological polar surface area (TPSA) is 50.4 Å². The van der Waals surface area contributed by atoms with E-state index < -0.39 is 0 Å². The van der Waals surface area contributed by atoms with E-state index in [0.29, 0.717) is 0 Å². The first-order valence-electron chi connectivity index (χ1n) is 11.5. The van der Waals surface area contributed by atoms with E-state index in [4.69, 9.17) is 4.74 Å². The van der Waals surface area contributed by atoms with Gasteiger partial charge >= 0.3 is 0 Å². The molecule has 1 unspecified atom stereocenters. The molecule has 0 heterocycles. The number of amides is 1. The first kappa shape index (κ1) is 22.7. The molecule has 170 valence electrons. The van der Waals surface area contributed by atoms with E-state index in [1.165, 1.54) is 22.3 Å². The van der Waals surface area contributed by atoms with Crippen molar-refractivity contribution < 1.29 is 9.53 Å². The Hall–Kier alpha value is -3.53. The lowest BCUT2D eigenvalue weighted by Gasteiger charge is -2.21. The molecule has 0 spiro atoms. The first-order chi connectivity index (χ1) is 16.0. The van der Waals surface area contributed by atoms with Crippen LogP contribution < -0.4 is 15.6 Å². The summed E-state index contributed by atoms with van der Waals surface area (Å²) >= 11 is 0. The minimum Gasteiger partial charge on any atom is -0.497 e. The molecule has 2 N–H and O–H groups in total. The summed E-state index contributed by atoms with van der Waals surface area (Å²) in [4.78, 5) is 13.4. The Labute approximate surface area is 196 Å². The third kappa shape index (κ3) is 4.65. The molecule has 0 radical (unpaired) electrons. The van der Waals surface area contributed by atoms with Gasteiger partial charge in [0.15, 0.2) is 0 Å². The number of methoxy groups -OCH3 is 1. The number of allylic oxidation sites excluding steroid dienone is 1. The molecule has 3 aromatic rings. The minimum atomic E-state index is -0.293. The number of rotatable bonds is 8. The van der Waals surface area contributed by atoms with Crippen LogP contribution in [0.1, 0.15) is 47.6 Å². The van der Waals surface area contributed by atoms with Crippen LogP contribution in [-0.4, -0.2) is 13.0 Å². The van der Waals surface area contributed by atoms with E-state index in [0.717, 1.165) is 29.9 Å². The fourth-order valence-corrected chi connectivity index (χ4v) is 4.66. The number of ether oxygens (including phenoxy) is 1. The number of hydrazine groups is 1. The Morgan fingerprint density at radius 1 is 0.970 bits per heavy atom. The summed E-state index contributed by atoms with van der Waals surface area (Å²) in [5, 5.41) is 0. The lowest BCUT2D eigenvalue weighted by molar-refractivity contribution is -0.123. The van der Waals surface area contributed by atoms with Gasteiger partial charge in [-0.05, 0) is 67.6 Å². The van der Waals surface area contributed by atoms with Crippen molar-refractivity contribution in [1.82, 2.24) is 10.9 Å². The van der Waals surface area contributed by atoms with Crippen molar-refractivity contribution >= 4 is 11.6 Å². The molecule has 3 aromatic carbocycles. The zero-order chi connectivity index (χ0) is 23.4. The summed E-state index contributed by atoms with van der Waals surface area (Å²) in [5.74, 6) is 0.679. The second-order valence-corrected chi connectivity index (χ2v) is 8.84. The van der Waals surface area contributed by atoms with Crippen LogP contribution in [0.5, 0.6) is 5.75 Å². The molecule has 0 aromatic heterocycles. The molecule has 33 heavy (non-hydrogen) atoms. The Bertz CT molecular complexity index is 1120. The highest BCUT2D eigenvalue weighted by molar-refractivity contribution is 5.86. The van der Waals surface area contributed by atoms with Crippen LogP contribution in [0.3, 0.4) is 0 Å². The highest BCUT2D eigenvalue weighted by Crippen LogP contribution is 2.59. The van der Waals surface area contributed by atoms with E-state index in [9.17, 15) is 4.79 Å². The summed E-state index contributed by atoms with van der Waals surface area (Å²) < 4.78 is 5.26. The molecule has 0 saturated heterocycles. The van der Waals surface area contributed by atoms with Gasteiger partial charge in [-0.15, -0.1) is 0 Å². The van der Waals surface area contributed by atoms with Crippen LogP contribution >= 0.6 is 0 Å². The molecule has 1 aliphatic carbocycles. The summed E-state index contributed by atoms with van der Waals surface area (Å²) in [6.45, 7) is 6.28. The van der Waals surface area contributed by atoms with Gasteiger partial charge in [0.25, 0.3) is 0 Å². The number of carbonyl (C=O) groups excluding carboxylic acids is 1. The molecule has 1 saturated carbocycles. The Morgan fingerprint density at radius 2 is 1.58 bits per heavy atom. The van der Waals surface area contributed by atoms with Gasteiger partial charge in [0.1, 0.15) is 5.75 Å². The monoisotopic (exact) mass is 440 g/mol. The zero-order valence-electron chi connectivity index (χ0n) is 19.8. The van der Waals surface area contributed by atoms with Crippen LogP contribution in [0.2, 0.25) is 0 Å². The standard InChI is InChI=1S/C29H32N2O2/c1-5-8-27(22-13-15-25(33-4)16-14-22)30-31-28(32)26-19-29(26,23-11-6-9-20(2)17-23)24-12-7-10-21(3)18-24/h6-18,26,30H,5,19H2,1-4H3,(H,31,32). The molecule has 0 aliphatic heterocycles. The van der Waals surface area contributed by atoms with Crippen molar-refractivity contribution in [3.05, 3.63) is 107 Å². The highest BCUT2D eigenvalue weighted by Gasteiger charge is 2.60. The van der Waals surface area contributed by atoms with Crippen molar-refractivity contribution in [2.45, 2.75) is 39.0 Å². The van der Waals surface area contributed by atoms with Crippen LogP contribution in [0.4, 0.5) is 0 Å². The lowest BCUT2D eigenvalue weighted by atomic mass is 9.84. The summed E-state index contributed by atoms with van der Waals surface area (Å²) in [6.07, 6.45) is 3.72. The Morgan fingerprint density at radius 3 is 2.09 bits per heavy atom. The maximum absolute atomic E-state index is 13.4. The molecule has 0 bridgehead atoms. The van der Waals surface area contributed by atoms with Crippen molar-refractivity contribution in [3.63, 3.8) is 0 Å². The summed E-state index contributed by atoms with van der Waals surface area (Å²) in [5.41, 5.74) is 12.6. The Balaban J connectivity index is 1.56. The smallest absolute Gasteiger partial charge is 0.242 e. The number of carbonyl (C=O) groups is 1. The molecular formula is C29H32N2O2. The summed E-state index contributed by atoms with van der Waals surface area (Å²) in [7, 11) is 1.65. The fraction of sp³-hybridized carbons (Fsp3) is 0.276. The van der Waals surface area contributed by atoms with Crippen LogP contribution in [0.15, 0.2) is 78.9 Å². The SMILES string of the molecule is CCC=C(NNC(=O)C1CC1(c1cccc(C)c1)c1cccc(C)c1)c1ccc(OC)cc1. The number of nitrogens with one attached hydrogen (secondary N) is 2. The lowest BCUT2D eigenvalue weighted by Crippen LogP contribution is -2.39. The molecular weight excluding hydrogens is 408 g/mol. The average molecular weight is 441 g/mol. The van der Waals surface area contributed by atoms with E-state index in [1.54, 1.807) is 7.11 Å². The first-order valence-corrected chi connectivity index (χ1v) is 11.5. The van der Waals surface area contributed by atoms with Crippen molar-refractivity contribution in [3.8, 4) is 5.75 Å². The van der Waals surface area contributed by atoms with E-state index >= 15 is 0 Å². The third-order valence-electron chi connectivity index (χ3n) is 6.47. The summed E-state index contributed by atoms with van der Waals surface area (Å²) in [6, 6.07) is 24.9. The van der Waals surface area contributed by atoms with Crippen molar-refractivity contribution in [1.29, 1.82) is 0 Å². The van der Waals surface area contributed by atoms with E-state index in [1.807, 2.05) is 24.3 Å². The quantitative estimate of drug-likeness (QED) is 0.443. The molecule has 1 aliphatic rings. The van der Waals surface area contributed by atoms with Crippen molar-refractivity contribution in [2.24, 2.45) is 5.92 Å². The maximum atomic E-state index is 13.4. The third-order valence-corrected chi connectivity index (χ3v) is 6.47. The number of hydrogen-bond donors (Lipinski definition) is 2. The number of hydrogen-bond acceptors (Lipinski definition) is 3. The van der Waals surface area contributed by atoms with Crippen LogP contribution in [-0.2, 0) is 10.2 Å². The second-order valence-electron chi connectivity index (χ2n) is 8.84. The molecule has 4 heteroatoms. The van der Waals surface area contributed by atoms with Gasteiger partial charge in [0.2, 0.25) is 5.91 Å². The van der Waals surface area contributed by atoms with Crippen LogP contribution in [0.25, 0.3) is 5.70 Å². The predicted octanol–water partition coefficient (Wildman–Crippen LogP) is 5.69. The van der Waals surface area contributed by atoms with Gasteiger partial charge in [-0.3, -0.25) is 15.6 Å². The number of benzene rings is 3. The zero-order valence-corrected chi connectivity index (χ0v) is 19.8. The highest BCUT2D eigenvalue weighted by atomic mass is 16.5. The predicted molar refractivity (Wildman–Crippen MR) is 134 cm³/mol. The molecule has 4 rings (SSSR count). The minimum absolute atomic E-state index is 0.00790. The second kappa shape index (κ2) is 9.53. The fourth-order valence-electron chi connectivity index (χ4n) is 4.66. The van der Waals surface area contributed by atoms with Crippen molar-refractivity contribution in [2.75, 3.05) is 7.11 Å². The Kier molecular flexibility index (Phi) is 6.55. The van der Waals surface area contributed by atoms with Gasteiger partial charge in [-0.1, -0.05) is 72.7 Å². The molecule has 1 atom stereocenters. The molecule has 4 nitrogen and oxygen atoms in total. The van der Waals surface area contributed by atoms with Gasteiger partial charge in [-0.2, -0.15) is 0 Å². The largest absolute Gasteiger partial charge is 0.497 e. The van der Waals surface area contributed by atoms with Gasteiger partial charge in [0, 0.05) is 5.41 Å². The van der Waals surface area contributed by atoms with E-state index in [-0.39, 0.29) is 17.2 Å².